The minimum atomic E-state index is -4.22. The Morgan fingerprint density at radius 2 is 1.88 bits per heavy atom. The Morgan fingerprint density at radius 1 is 1.50 bits per heavy atom. The number of hydrogen-bond acceptors (Lipinski definition) is 2. The summed E-state index contributed by atoms with van der Waals surface area (Å²) in [6.45, 7) is 0. The monoisotopic (exact) mass is 121 g/mol. The van der Waals surface area contributed by atoms with Gasteiger partial charge in [-0.3, -0.25) is 4.84 Å². The third-order valence-electron chi connectivity index (χ3n) is 0.533. The van der Waals surface area contributed by atoms with Crippen LogP contribution in [0.3, 0.4) is 0 Å². The predicted molar refractivity (Wildman–Crippen MR) is 15.2 cm³/mol. The minimum absolute atomic E-state index is 0. The molecule has 0 aromatic heterocycles. The van der Waals surface area contributed by atoms with Crippen LogP contribution in [0.25, 0.3) is 0 Å². The van der Waals surface area contributed by atoms with Crippen molar-refractivity contribution >= 4 is 0 Å². The average molecular weight is 121 g/mol. The van der Waals surface area contributed by atoms with E-state index in [-0.39, 0.29) is 20.3 Å². The van der Waals surface area contributed by atoms with E-state index in [1.54, 1.807) is 5.48 Å². The molecule has 1 fully saturated rings. The van der Waals surface area contributed by atoms with Crippen molar-refractivity contribution in [3.8, 4) is 0 Å². The minimum Gasteiger partial charge on any atom is -1.00 e. The fraction of sp³-hybridized carbons (Fsp3) is 1.00. The maximum Gasteiger partial charge on any atom is 1.00 e. The third kappa shape index (κ3) is 2.05. The fourth-order valence-corrected chi connectivity index (χ4v) is 0.168. The number of nitrogens with one attached hydrogen (secondary N) is 1. The van der Waals surface area contributed by atoms with Gasteiger partial charge in [0.15, 0.2) is 0 Å². The average Bonchev–Trinajstić information content (AvgIpc) is 1.99. The van der Waals surface area contributed by atoms with Crippen molar-refractivity contribution in [1.29, 1.82) is 0 Å². The first-order chi connectivity index (χ1) is 3.11. The van der Waals surface area contributed by atoms with Crippen LogP contribution in [0, 0.1) is 0 Å². The molecule has 6 heteroatoms. The van der Waals surface area contributed by atoms with Gasteiger partial charge >= 0.3 is 25.0 Å². The van der Waals surface area contributed by atoms with E-state index in [0.29, 0.717) is 0 Å². The SMILES string of the molecule is FC(F)(F)C1NO1.[H-].[Li+]. The fourth-order valence-electron chi connectivity index (χ4n) is 0.168. The molecule has 1 atom stereocenters. The maximum absolute atomic E-state index is 11.1. The molecule has 0 amide bonds. The van der Waals surface area contributed by atoms with Gasteiger partial charge in [-0.2, -0.15) is 18.7 Å². The molecule has 2 nitrogen and oxygen atoms in total. The Hall–Kier alpha value is 0.307. The number of alkyl halides is 3. The van der Waals surface area contributed by atoms with Crippen LogP contribution in [-0.4, -0.2) is 12.4 Å². The molecule has 1 unspecified atom stereocenters. The molecule has 0 aliphatic carbocycles. The Morgan fingerprint density at radius 3 is 1.88 bits per heavy atom. The first-order valence-corrected chi connectivity index (χ1v) is 1.58. The van der Waals surface area contributed by atoms with E-state index < -0.39 is 12.4 Å². The van der Waals surface area contributed by atoms with Crippen molar-refractivity contribution in [2.75, 3.05) is 0 Å². The zero-order valence-corrected chi connectivity index (χ0v) is 4.12. The topological polar surface area (TPSA) is 34.5 Å². The molecule has 44 valence electrons. The summed E-state index contributed by atoms with van der Waals surface area (Å²) < 4.78 is 33.2. The summed E-state index contributed by atoms with van der Waals surface area (Å²) in [5, 5.41) is 0. The van der Waals surface area contributed by atoms with E-state index in [4.69, 9.17) is 0 Å². The van der Waals surface area contributed by atoms with Gasteiger partial charge in [0, 0.05) is 0 Å². The normalized spacial score (nSPS) is 26.6. The Balaban J connectivity index is 0. The smallest absolute Gasteiger partial charge is 1.00 e. The van der Waals surface area contributed by atoms with Crippen LogP contribution in [0.4, 0.5) is 13.2 Å². The summed E-state index contributed by atoms with van der Waals surface area (Å²) >= 11 is 0. The van der Waals surface area contributed by atoms with Crippen molar-refractivity contribution in [1.82, 2.24) is 5.48 Å². The van der Waals surface area contributed by atoms with E-state index in [1.807, 2.05) is 0 Å². The largest absolute Gasteiger partial charge is 1.00 e. The standard InChI is InChI=1S/C2H2F3NO.Li.H/c3-2(4,5)1-6-7-1;;/h1,6H;;/q;+1;-1. The number of hydrogen-bond donors (Lipinski definition) is 1. The second-order valence-corrected chi connectivity index (χ2v) is 1.16. The second kappa shape index (κ2) is 2.27. The van der Waals surface area contributed by atoms with Gasteiger partial charge in [0.1, 0.15) is 0 Å². The van der Waals surface area contributed by atoms with E-state index >= 15 is 0 Å². The molecule has 8 heavy (non-hydrogen) atoms. The van der Waals surface area contributed by atoms with Crippen molar-refractivity contribution in [3.63, 3.8) is 0 Å². The zero-order valence-electron chi connectivity index (χ0n) is 5.12. The van der Waals surface area contributed by atoms with Gasteiger partial charge in [0.05, 0.1) is 0 Å². The van der Waals surface area contributed by atoms with Gasteiger partial charge in [-0.15, -0.1) is 0 Å². The molecule has 0 radical (unpaired) electrons. The molecular weight excluding hydrogens is 118 g/mol. The Labute approximate surface area is 57.0 Å². The summed E-state index contributed by atoms with van der Waals surface area (Å²) in [5.41, 5.74) is 1.65. The maximum atomic E-state index is 11.1. The predicted octanol–water partition coefficient (Wildman–Crippen LogP) is -2.47. The van der Waals surface area contributed by atoms with Gasteiger partial charge in [-0.25, -0.2) is 0 Å². The molecule has 0 bridgehead atoms. The van der Waals surface area contributed by atoms with Crippen molar-refractivity contribution in [3.05, 3.63) is 0 Å². The van der Waals surface area contributed by atoms with Crippen LogP contribution in [0.1, 0.15) is 1.43 Å². The zero-order chi connectivity index (χ0) is 5.49. The van der Waals surface area contributed by atoms with Crippen LogP contribution >= 0.6 is 0 Å². The van der Waals surface area contributed by atoms with Gasteiger partial charge in [0.25, 0.3) is 0 Å². The van der Waals surface area contributed by atoms with Gasteiger partial charge in [-0.1, -0.05) is 0 Å². The van der Waals surface area contributed by atoms with Gasteiger partial charge in [0.2, 0.25) is 6.23 Å². The van der Waals surface area contributed by atoms with Gasteiger partial charge in [-0.05, 0) is 0 Å². The number of hydroxylamine groups is 1. The van der Waals surface area contributed by atoms with E-state index in [1.165, 1.54) is 0 Å². The van der Waals surface area contributed by atoms with Crippen LogP contribution in [0.5, 0.6) is 0 Å². The summed E-state index contributed by atoms with van der Waals surface area (Å²) in [4.78, 5) is 3.70. The molecule has 1 aliphatic heterocycles. The molecule has 0 aromatic carbocycles. The van der Waals surface area contributed by atoms with Crippen LogP contribution in [-0.2, 0) is 4.84 Å². The third-order valence-corrected chi connectivity index (χ3v) is 0.533. The van der Waals surface area contributed by atoms with Crippen molar-refractivity contribution in [2.45, 2.75) is 12.4 Å². The van der Waals surface area contributed by atoms with Crippen LogP contribution in [0.15, 0.2) is 0 Å². The van der Waals surface area contributed by atoms with E-state index in [0.717, 1.165) is 0 Å². The molecular formula is C2H3F3LiNO. The first kappa shape index (κ1) is 8.31. The Bertz CT molecular complexity index is 84.4. The van der Waals surface area contributed by atoms with Crippen molar-refractivity contribution < 1.29 is 38.3 Å². The van der Waals surface area contributed by atoms with Crippen LogP contribution in [0.2, 0.25) is 0 Å². The molecule has 1 saturated heterocycles. The van der Waals surface area contributed by atoms with Crippen LogP contribution < -0.4 is 24.3 Å². The first-order valence-electron chi connectivity index (χ1n) is 1.58. The molecule has 1 N–H and O–H groups in total. The second-order valence-electron chi connectivity index (χ2n) is 1.16. The van der Waals surface area contributed by atoms with E-state index in [2.05, 4.69) is 4.84 Å². The summed E-state index contributed by atoms with van der Waals surface area (Å²) in [7, 11) is 0. The number of halogens is 3. The van der Waals surface area contributed by atoms with Crippen molar-refractivity contribution in [2.24, 2.45) is 0 Å². The molecule has 1 heterocycles. The van der Waals surface area contributed by atoms with E-state index in [9.17, 15) is 13.2 Å². The molecule has 0 aromatic rings. The molecule has 0 spiro atoms. The van der Waals surface area contributed by atoms with Gasteiger partial charge < -0.3 is 1.43 Å². The quantitative estimate of drug-likeness (QED) is 0.284. The summed E-state index contributed by atoms with van der Waals surface area (Å²) in [6.07, 6.45) is -5.92. The molecule has 1 aliphatic rings. The summed E-state index contributed by atoms with van der Waals surface area (Å²) in [6, 6.07) is 0. The number of rotatable bonds is 0. The molecule has 1 rings (SSSR count). The Kier molecular flexibility index (Phi) is 2.36. The summed E-state index contributed by atoms with van der Waals surface area (Å²) in [5.74, 6) is 0. The molecule has 0 saturated carbocycles.